The van der Waals surface area contributed by atoms with Crippen LogP contribution in [0, 0.1) is 0 Å². The lowest BCUT2D eigenvalue weighted by molar-refractivity contribution is 0.158. The van der Waals surface area contributed by atoms with Gasteiger partial charge >= 0.3 is 6.09 Å². The predicted octanol–water partition coefficient (Wildman–Crippen LogP) is 1.91. The van der Waals surface area contributed by atoms with Crippen molar-refractivity contribution in [3.63, 3.8) is 0 Å². The topological polar surface area (TPSA) is 91.9 Å². The number of aromatic nitrogens is 3. The Hall–Kier alpha value is -2.48. The molecule has 0 saturated heterocycles. The highest BCUT2D eigenvalue weighted by atomic mass is 32.1. The second-order valence-electron chi connectivity index (χ2n) is 3.67. The molecule has 8 heteroatoms. The minimum Gasteiger partial charge on any atom is -0.450 e. The summed E-state index contributed by atoms with van der Waals surface area (Å²) in [4.78, 5) is 15.4. The van der Waals surface area contributed by atoms with Gasteiger partial charge in [0.1, 0.15) is 0 Å². The fraction of sp³-hybridized carbons (Fsp3) is 0.167. The zero-order valence-electron chi connectivity index (χ0n) is 10.7. The van der Waals surface area contributed by atoms with Crippen molar-refractivity contribution in [1.82, 2.24) is 20.5 Å². The van der Waals surface area contributed by atoms with Crippen molar-refractivity contribution in [2.24, 2.45) is 0 Å². The first-order valence-corrected chi connectivity index (χ1v) is 6.32. The molecule has 3 N–H and O–H groups in total. The number of H-pyrrole nitrogens is 1. The van der Waals surface area contributed by atoms with Gasteiger partial charge in [0.15, 0.2) is 10.9 Å². The Labute approximate surface area is 120 Å². The number of amides is 1. The number of ether oxygens (including phenoxy) is 1. The molecule has 0 aliphatic rings. The van der Waals surface area contributed by atoms with Crippen LogP contribution in [0.2, 0.25) is 0 Å². The molecule has 0 saturated carbocycles. The molecular weight excluding hydrogens is 278 g/mol. The number of alkyl carbamates (subject to hydrolysis) is 1. The van der Waals surface area contributed by atoms with Crippen LogP contribution in [0.4, 0.5) is 10.7 Å². The highest BCUT2D eigenvalue weighted by Crippen LogP contribution is 2.14. The van der Waals surface area contributed by atoms with Gasteiger partial charge in [0.25, 0.3) is 0 Å². The average Bonchev–Trinajstić information content (AvgIpc) is 2.88. The average molecular weight is 291 g/mol. The number of anilines is 1. The van der Waals surface area contributed by atoms with E-state index in [1.54, 1.807) is 6.92 Å². The first-order chi connectivity index (χ1) is 9.69. The number of carbonyl (C=O) groups excluding carboxylic acids is 1. The summed E-state index contributed by atoms with van der Waals surface area (Å²) in [6.45, 7) is 1.98. The predicted molar refractivity (Wildman–Crippen MR) is 78.2 cm³/mol. The van der Waals surface area contributed by atoms with E-state index in [2.05, 4.69) is 25.8 Å². The maximum atomic E-state index is 11.2. The highest BCUT2D eigenvalue weighted by molar-refractivity contribution is 7.80. The minimum absolute atomic E-state index is 0.0826. The van der Waals surface area contributed by atoms with Crippen LogP contribution in [0.15, 0.2) is 30.3 Å². The van der Waals surface area contributed by atoms with Crippen LogP contribution in [0.25, 0.3) is 11.4 Å². The van der Waals surface area contributed by atoms with Gasteiger partial charge in [0, 0.05) is 5.56 Å². The molecule has 0 aliphatic heterocycles. The van der Waals surface area contributed by atoms with E-state index in [0.29, 0.717) is 11.8 Å². The van der Waals surface area contributed by atoms with Crippen LogP contribution in [-0.4, -0.2) is 33.0 Å². The lowest BCUT2D eigenvalue weighted by Crippen LogP contribution is -2.34. The molecule has 1 aromatic carbocycles. The Kier molecular flexibility index (Phi) is 4.61. The third-order valence-electron chi connectivity index (χ3n) is 2.24. The third-order valence-corrected chi connectivity index (χ3v) is 2.44. The van der Waals surface area contributed by atoms with E-state index in [0.717, 1.165) is 5.56 Å². The van der Waals surface area contributed by atoms with Gasteiger partial charge in [0.05, 0.1) is 6.61 Å². The van der Waals surface area contributed by atoms with Crippen LogP contribution >= 0.6 is 12.2 Å². The number of thiocarbonyl (C=S) groups is 1. The van der Waals surface area contributed by atoms with Crippen molar-refractivity contribution in [3.8, 4) is 11.4 Å². The summed E-state index contributed by atoms with van der Waals surface area (Å²) in [6.07, 6.45) is -0.618. The summed E-state index contributed by atoms with van der Waals surface area (Å²) >= 11 is 4.94. The van der Waals surface area contributed by atoms with E-state index in [9.17, 15) is 4.79 Å². The number of rotatable bonds is 3. The molecule has 0 unspecified atom stereocenters. The van der Waals surface area contributed by atoms with Gasteiger partial charge in [-0.25, -0.2) is 9.89 Å². The van der Waals surface area contributed by atoms with Crippen LogP contribution in [0.5, 0.6) is 0 Å². The third kappa shape index (κ3) is 3.75. The van der Waals surface area contributed by atoms with Gasteiger partial charge < -0.3 is 10.1 Å². The van der Waals surface area contributed by atoms with Crippen molar-refractivity contribution >= 4 is 29.4 Å². The molecule has 2 aromatic rings. The molecule has 20 heavy (non-hydrogen) atoms. The largest absolute Gasteiger partial charge is 0.450 e. The summed E-state index contributed by atoms with van der Waals surface area (Å²) in [5.41, 5.74) is 0.876. The number of nitrogens with zero attached hydrogens (tertiary/aromatic N) is 2. The van der Waals surface area contributed by atoms with Gasteiger partial charge in [-0.15, -0.1) is 0 Å². The Morgan fingerprint density at radius 3 is 2.85 bits per heavy atom. The Balaban J connectivity index is 1.96. The van der Waals surface area contributed by atoms with Crippen molar-refractivity contribution in [2.75, 3.05) is 11.9 Å². The molecule has 2 rings (SSSR count). The molecular formula is C12H13N5O2S. The van der Waals surface area contributed by atoms with Gasteiger partial charge in [-0.3, -0.25) is 5.32 Å². The van der Waals surface area contributed by atoms with E-state index in [-0.39, 0.29) is 11.7 Å². The lowest BCUT2D eigenvalue weighted by atomic mass is 10.2. The standard InChI is InChI=1S/C12H13N5O2S/c1-2-19-12(18)15-11(20)14-10-13-9(16-17-10)8-6-4-3-5-7-8/h3-7H,2H2,1H3,(H3,13,14,15,16,17,18,20). The SMILES string of the molecule is CCOC(=O)NC(=S)Nc1nc(-c2ccccc2)n[nH]1. The first-order valence-electron chi connectivity index (χ1n) is 5.91. The summed E-state index contributed by atoms with van der Waals surface area (Å²) in [7, 11) is 0. The monoisotopic (exact) mass is 291 g/mol. The Morgan fingerprint density at radius 2 is 2.15 bits per heavy atom. The van der Waals surface area contributed by atoms with Gasteiger partial charge in [-0.05, 0) is 19.1 Å². The Bertz CT molecular complexity index is 599. The molecule has 0 bridgehead atoms. The molecule has 0 spiro atoms. The summed E-state index contributed by atoms with van der Waals surface area (Å²) in [5.74, 6) is 0.873. The van der Waals surface area contributed by atoms with Gasteiger partial charge in [-0.1, -0.05) is 30.3 Å². The molecule has 0 fully saturated rings. The van der Waals surface area contributed by atoms with E-state index in [4.69, 9.17) is 17.0 Å². The molecule has 0 atom stereocenters. The molecule has 1 amide bonds. The number of benzene rings is 1. The molecule has 104 valence electrons. The van der Waals surface area contributed by atoms with Crippen LogP contribution < -0.4 is 10.6 Å². The van der Waals surface area contributed by atoms with Gasteiger partial charge in [0.2, 0.25) is 5.95 Å². The number of nitrogens with one attached hydrogen (secondary N) is 3. The number of aromatic amines is 1. The molecule has 1 heterocycles. The van der Waals surface area contributed by atoms with E-state index in [1.165, 1.54) is 0 Å². The fourth-order valence-corrected chi connectivity index (χ4v) is 1.61. The highest BCUT2D eigenvalue weighted by Gasteiger charge is 2.08. The minimum atomic E-state index is -0.618. The van der Waals surface area contributed by atoms with Crippen LogP contribution in [0.3, 0.4) is 0 Å². The Morgan fingerprint density at radius 1 is 1.40 bits per heavy atom. The number of hydrogen-bond donors (Lipinski definition) is 3. The van der Waals surface area contributed by atoms with E-state index in [1.807, 2.05) is 30.3 Å². The van der Waals surface area contributed by atoms with E-state index < -0.39 is 6.09 Å². The maximum Gasteiger partial charge on any atom is 0.413 e. The van der Waals surface area contributed by atoms with Crippen molar-refractivity contribution in [2.45, 2.75) is 6.92 Å². The number of hydrogen-bond acceptors (Lipinski definition) is 5. The maximum absolute atomic E-state index is 11.2. The van der Waals surface area contributed by atoms with Gasteiger partial charge in [-0.2, -0.15) is 10.1 Å². The van der Waals surface area contributed by atoms with Crippen molar-refractivity contribution in [3.05, 3.63) is 30.3 Å². The summed E-state index contributed by atoms with van der Waals surface area (Å²) in [5, 5.41) is 11.9. The summed E-state index contributed by atoms with van der Waals surface area (Å²) in [6, 6.07) is 9.48. The second kappa shape index (κ2) is 6.62. The molecule has 1 aromatic heterocycles. The van der Waals surface area contributed by atoms with E-state index >= 15 is 0 Å². The zero-order chi connectivity index (χ0) is 14.4. The fourth-order valence-electron chi connectivity index (χ4n) is 1.43. The van der Waals surface area contributed by atoms with Crippen molar-refractivity contribution in [1.29, 1.82) is 0 Å². The smallest absolute Gasteiger partial charge is 0.413 e. The first kappa shape index (κ1) is 13.9. The van der Waals surface area contributed by atoms with Crippen LogP contribution in [0.1, 0.15) is 6.92 Å². The summed E-state index contributed by atoms with van der Waals surface area (Å²) < 4.78 is 4.70. The quantitative estimate of drug-likeness (QED) is 0.748. The zero-order valence-corrected chi connectivity index (χ0v) is 11.5. The molecule has 0 radical (unpaired) electrons. The number of carbonyl (C=O) groups is 1. The second-order valence-corrected chi connectivity index (χ2v) is 4.08. The normalized spacial score (nSPS) is 9.85. The molecule has 0 aliphatic carbocycles. The van der Waals surface area contributed by atoms with Crippen LogP contribution in [-0.2, 0) is 4.74 Å². The molecule has 7 nitrogen and oxygen atoms in total. The van der Waals surface area contributed by atoms with Crippen molar-refractivity contribution < 1.29 is 9.53 Å². The lowest BCUT2D eigenvalue weighted by Gasteiger charge is -2.06.